The molecule has 6 aromatic heterocycles. The average molecular weight is 929 g/mol. The number of rotatable bonds is 11. The Hall–Kier alpha value is -5.87. The highest BCUT2D eigenvalue weighted by Crippen LogP contribution is 2.38. The Kier molecular flexibility index (Phi) is 13.6. The number of amides is 1. The summed E-state index contributed by atoms with van der Waals surface area (Å²) in [6.07, 6.45) is 1.97. The summed E-state index contributed by atoms with van der Waals surface area (Å²) >= 11 is 2.04. The number of anilines is 2. The number of fused-ring (bicyclic) bond motifs is 2. The lowest BCUT2D eigenvalue weighted by Crippen LogP contribution is -2.44. The fourth-order valence-electron chi connectivity index (χ4n) is 8.24. The van der Waals surface area contributed by atoms with E-state index in [9.17, 15) is 31.1 Å². The summed E-state index contributed by atoms with van der Waals surface area (Å²) in [5, 5.41) is 10.8. The molecule has 0 unspecified atom stereocenters. The lowest BCUT2D eigenvalue weighted by atomic mass is 9.82. The van der Waals surface area contributed by atoms with E-state index < -0.39 is 31.3 Å². The largest absolute Gasteiger partial charge is 0.449 e. The van der Waals surface area contributed by atoms with Crippen molar-refractivity contribution < 1.29 is 44.7 Å². The molecule has 1 amide bonds. The van der Waals surface area contributed by atoms with E-state index in [1.54, 1.807) is 18.7 Å². The minimum atomic E-state index is -4.30. The molecule has 338 valence electrons. The lowest BCUT2D eigenvalue weighted by Gasteiger charge is -2.34. The number of carbonyl (C=O) groups is 1. The fraction of sp³-hybridized carbons (Fsp3) is 0.405. The van der Waals surface area contributed by atoms with E-state index in [0.29, 0.717) is 63.1 Å². The Morgan fingerprint density at radius 2 is 1.20 bits per heavy atom. The zero-order valence-corrected chi connectivity index (χ0v) is 35.4. The third kappa shape index (κ3) is 12.0. The predicted octanol–water partition coefficient (Wildman–Crippen LogP) is 9.69. The van der Waals surface area contributed by atoms with Gasteiger partial charge >= 0.3 is 18.4 Å². The van der Waals surface area contributed by atoms with E-state index in [-0.39, 0.29) is 52.4 Å². The van der Waals surface area contributed by atoms with Gasteiger partial charge in [-0.15, -0.1) is 22.7 Å². The Bertz CT molecular complexity index is 2590. The Morgan fingerprint density at radius 1 is 0.688 bits per heavy atom. The van der Waals surface area contributed by atoms with Crippen LogP contribution in [-0.4, -0.2) is 72.5 Å². The number of hydrogen-bond acceptors (Lipinski definition) is 15. The number of nitrogens with two attached hydrogens (primary N) is 1. The number of thiophene rings is 2. The van der Waals surface area contributed by atoms with Crippen molar-refractivity contribution in [3.05, 3.63) is 107 Å². The first kappa shape index (κ1) is 44.7. The molecular weight excluding hydrogens is 887 g/mol. The number of carbonyl (C=O) groups excluding carboxylic acids is 1. The monoisotopic (exact) mass is 928 g/mol. The molecule has 0 radical (unpaired) electrons. The molecule has 6 atom stereocenters. The molecular formula is C42H42F6N10O4S2. The summed E-state index contributed by atoms with van der Waals surface area (Å²) in [6.45, 7) is 0.154. The minimum absolute atomic E-state index is 0.0197. The summed E-state index contributed by atoms with van der Waals surface area (Å²) in [5.41, 5.74) is 7.08. The summed E-state index contributed by atoms with van der Waals surface area (Å²) in [4.78, 5) is 39.3. The molecule has 0 bridgehead atoms. The normalized spacial score (nSPS) is 21.5. The number of nitrogens with zero attached hydrogens (tertiary/aromatic N) is 6. The molecule has 7 aromatic rings. The van der Waals surface area contributed by atoms with Crippen molar-refractivity contribution in [2.45, 2.75) is 106 Å². The van der Waals surface area contributed by atoms with Gasteiger partial charge in [0.1, 0.15) is 53.1 Å². The van der Waals surface area contributed by atoms with Crippen molar-refractivity contribution in [1.29, 1.82) is 0 Å². The molecule has 0 aliphatic heterocycles. The number of nitrogens with one attached hydrogen (secondary N) is 3. The van der Waals surface area contributed by atoms with Gasteiger partial charge in [-0.1, -0.05) is 30.3 Å². The second kappa shape index (κ2) is 19.5. The molecule has 2 aliphatic carbocycles. The number of benzene rings is 1. The number of hydrogen-bond donors (Lipinski definition) is 4. The molecule has 2 fully saturated rings. The minimum Gasteiger partial charge on any atom is -0.449 e. The summed E-state index contributed by atoms with van der Waals surface area (Å²) in [6, 6.07) is 12.0. The van der Waals surface area contributed by atoms with Gasteiger partial charge in [0.15, 0.2) is 11.8 Å². The first-order chi connectivity index (χ1) is 30.7. The predicted molar refractivity (Wildman–Crippen MR) is 227 cm³/mol. The van der Waals surface area contributed by atoms with Crippen LogP contribution in [0.1, 0.15) is 77.5 Å². The van der Waals surface area contributed by atoms with Gasteiger partial charge < -0.3 is 35.3 Å². The molecule has 0 saturated heterocycles. The molecule has 64 heavy (non-hydrogen) atoms. The third-order valence-corrected chi connectivity index (χ3v) is 12.9. The molecule has 1 aromatic carbocycles. The van der Waals surface area contributed by atoms with Crippen molar-refractivity contribution >= 4 is 60.8 Å². The number of ether oxygens (including phenoxy) is 1. The van der Waals surface area contributed by atoms with Gasteiger partial charge in [0.2, 0.25) is 0 Å². The van der Waals surface area contributed by atoms with Gasteiger partial charge in [-0.2, -0.15) is 26.3 Å². The lowest BCUT2D eigenvalue weighted by molar-refractivity contribution is -0.127. The maximum absolute atomic E-state index is 12.9. The van der Waals surface area contributed by atoms with E-state index in [4.69, 9.17) is 19.3 Å². The van der Waals surface area contributed by atoms with Crippen LogP contribution in [0.5, 0.6) is 0 Å². The molecule has 2 aliphatic rings. The third-order valence-electron chi connectivity index (χ3n) is 10.8. The number of aromatic nitrogens is 6. The van der Waals surface area contributed by atoms with Crippen LogP contribution < -0.4 is 21.7 Å². The topological polar surface area (TPSA) is 192 Å². The van der Waals surface area contributed by atoms with Gasteiger partial charge in [0, 0.05) is 45.8 Å². The second-order valence-electron chi connectivity index (χ2n) is 15.8. The Morgan fingerprint density at radius 3 is 1.72 bits per heavy atom. The van der Waals surface area contributed by atoms with Gasteiger partial charge in [-0.25, -0.2) is 34.7 Å². The van der Waals surface area contributed by atoms with Crippen LogP contribution in [0.4, 0.5) is 42.8 Å². The van der Waals surface area contributed by atoms with E-state index in [1.807, 2.05) is 30.3 Å². The number of halogens is 6. The first-order valence-corrected chi connectivity index (χ1v) is 22.0. The zero-order valence-electron chi connectivity index (χ0n) is 33.8. The van der Waals surface area contributed by atoms with Crippen LogP contribution >= 0.6 is 22.7 Å². The SMILES string of the molecule is N[C@@H]1C[C@H](Nc2ncnc3sc(CC(F)(F)F)cc23)C[C@H](c2ncco2)C1.O=C(N[C@@H]1C[C@H](Nc2ncnc3sc(CC(F)(F)F)cc23)C[C@H](c2ncco2)C1)OCc1ccccc1. The maximum Gasteiger partial charge on any atom is 0.407 e. The number of alkyl carbamates (subject to hydrolysis) is 1. The molecule has 9 rings (SSSR count). The highest BCUT2D eigenvalue weighted by Gasteiger charge is 2.35. The van der Waals surface area contributed by atoms with Crippen LogP contribution in [0, 0.1) is 0 Å². The standard InChI is InChI=1S/C25H24F3N5O3S.C17H18F3N5OS/c26-25(27,28)12-19-11-20-21(30-14-31-23(20)37-19)32-17-8-16(22-29-6-7-35-22)9-18(10-17)33-24(34)36-13-15-4-2-1-3-5-15;18-17(19,20)7-12-6-13-14(23-8-24-16(13)27-12)25-11-4-9(3-10(21)5-11)15-22-1-2-26-15/h1-7,11,14,16-18H,8-10,12-13H2,(H,33,34)(H,30,31,32);1-2,6,8-11H,3-5,7,21H2,(H,23,24,25)/t16-,17+,18-;9-,10+,11-/m01/s1. The van der Waals surface area contributed by atoms with Crippen LogP contribution in [0.2, 0.25) is 0 Å². The second-order valence-corrected chi connectivity index (χ2v) is 18.0. The first-order valence-electron chi connectivity index (χ1n) is 20.3. The van der Waals surface area contributed by atoms with Crippen molar-refractivity contribution in [2.75, 3.05) is 10.6 Å². The maximum atomic E-state index is 12.9. The number of oxazole rings is 2. The quantitative estimate of drug-likeness (QED) is 0.0898. The highest BCUT2D eigenvalue weighted by atomic mass is 32.1. The number of alkyl halides is 6. The average Bonchev–Trinajstić information content (AvgIpc) is 4.08. The molecule has 6 heterocycles. The van der Waals surface area contributed by atoms with Crippen molar-refractivity contribution in [3.63, 3.8) is 0 Å². The van der Waals surface area contributed by atoms with Gasteiger partial charge in [0.05, 0.1) is 36.0 Å². The van der Waals surface area contributed by atoms with Crippen molar-refractivity contribution in [2.24, 2.45) is 5.73 Å². The van der Waals surface area contributed by atoms with Crippen LogP contribution in [0.3, 0.4) is 0 Å². The fourth-order valence-corrected chi connectivity index (χ4v) is 10.3. The summed E-state index contributed by atoms with van der Waals surface area (Å²) in [5.74, 6) is 2.23. The molecule has 0 spiro atoms. The molecule has 5 N–H and O–H groups in total. The van der Waals surface area contributed by atoms with E-state index in [1.165, 1.54) is 31.1 Å². The van der Waals surface area contributed by atoms with E-state index >= 15 is 0 Å². The Balaban J connectivity index is 0.000000184. The van der Waals surface area contributed by atoms with Gasteiger partial charge in [0.25, 0.3) is 0 Å². The molecule has 14 nitrogen and oxygen atoms in total. The van der Waals surface area contributed by atoms with E-state index in [0.717, 1.165) is 47.5 Å². The molecule has 22 heteroatoms. The van der Waals surface area contributed by atoms with Crippen LogP contribution in [0.25, 0.3) is 20.4 Å². The van der Waals surface area contributed by atoms with Crippen LogP contribution in [-0.2, 0) is 24.2 Å². The molecule has 2 saturated carbocycles. The Labute approximate surface area is 369 Å². The van der Waals surface area contributed by atoms with E-state index in [2.05, 4.69) is 45.9 Å². The van der Waals surface area contributed by atoms with Crippen LogP contribution in [0.15, 0.2) is 88.9 Å². The smallest absolute Gasteiger partial charge is 0.407 e. The summed E-state index contributed by atoms with van der Waals surface area (Å²) in [7, 11) is 0. The zero-order chi connectivity index (χ0) is 44.8. The van der Waals surface area contributed by atoms with Crippen molar-refractivity contribution in [1.82, 2.24) is 35.2 Å². The van der Waals surface area contributed by atoms with Gasteiger partial charge in [-0.05, 0) is 56.2 Å². The van der Waals surface area contributed by atoms with Gasteiger partial charge in [-0.3, -0.25) is 0 Å². The summed E-state index contributed by atoms with van der Waals surface area (Å²) < 4.78 is 93.2. The van der Waals surface area contributed by atoms with Crippen molar-refractivity contribution in [3.8, 4) is 0 Å². The highest BCUT2D eigenvalue weighted by molar-refractivity contribution is 7.19.